The van der Waals surface area contributed by atoms with Crippen LogP contribution in [0.15, 0.2) is 35.3 Å². The molecule has 2 amide bonds. The van der Waals surface area contributed by atoms with Crippen LogP contribution in [-0.4, -0.2) is 115 Å². The minimum absolute atomic E-state index is 0.0236. The Morgan fingerprint density at radius 1 is 0.741 bits per heavy atom. The predicted octanol–water partition coefficient (Wildman–Crippen LogP) is 6.08. The third-order valence-corrected chi connectivity index (χ3v) is 10.6. The number of piperidine rings is 2. The molecule has 0 saturated carbocycles. The van der Waals surface area contributed by atoms with Crippen molar-refractivity contribution in [3.8, 4) is 0 Å². The zero-order valence-electron chi connectivity index (χ0n) is 35.8. The normalized spacial score (nSPS) is 16.8. The van der Waals surface area contributed by atoms with Crippen molar-refractivity contribution >= 4 is 45.3 Å². The average Bonchev–Trinajstić information content (AvgIpc) is 3.13. The number of likely N-dealkylation sites (tertiary alicyclic amines) is 2. The van der Waals surface area contributed by atoms with Crippen LogP contribution in [0.2, 0.25) is 0 Å². The molecular formula is C41H64N4O12S. The van der Waals surface area contributed by atoms with Crippen molar-refractivity contribution in [1.82, 2.24) is 19.4 Å². The first-order valence-corrected chi connectivity index (χ1v) is 21.9. The molecule has 17 heteroatoms. The second-order valence-corrected chi connectivity index (χ2v) is 18.6. The maximum atomic E-state index is 12.9. The lowest BCUT2D eigenvalue weighted by molar-refractivity contribution is -0.160. The first-order chi connectivity index (χ1) is 27.0. The minimum Gasteiger partial charge on any atom is -0.466 e. The van der Waals surface area contributed by atoms with Crippen molar-refractivity contribution in [3.05, 3.63) is 40.8 Å². The number of aromatic nitrogens is 2. The van der Waals surface area contributed by atoms with Gasteiger partial charge < -0.3 is 33.3 Å². The fourth-order valence-corrected chi connectivity index (χ4v) is 7.53. The number of carbonyl (C=O) groups excluding carboxylic acids is 4. The molecule has 0 unspecified atom stereocenters. The van der Waals surface area contributed by atoms with Gasteiger partial charge in [-0.05, 0) is 119 Å². The number of carbonyl (C=O) groups is 4. The molecule has 0 aliphatic carbocycles. The van der Waals surface area contributed by atoms with Gasteiger partial charge in [0.25, 0.3) is 15.7 Å². The van der Waals surface area contributed by atoms with E-state index < -0.39 is 38.2 Å². The van der Waals surface area contributed by atoms with Gasteiger partial charge in [-0.1, -0.05) is 12.1 Å². The number of hydrogen-bond donors (Lipinski definition) is 0. The summed E-state index contributed by atoms with van der Waals surface area (Å²) < 4.78 is 50.1. The fraction of sp³-hybridized carbons (Fsp3) is 0.707. The third-order valence-electron chi connectivity index (χ3n) is 10.0. The summed E-state index contributed by atoms with van der Waals surface area (Å²) in [7, 11) is -3.50. The fourth-order valence-electron chi connectivity index (χ4n) is 7.11. The number of nitrogens with zero attached hydrogens (tertiary/aromatic N) is 4. The zero-order valence-corrected chi connectivity index (χ0v) is 36.6. The quantitative estimate of drug-likeness (QED) is 0.0978. The summed E-state index contributed by atoms with van der Waals surface area (Å²) in [5.74, 6) is -0.529. The van der Waals surface area contributed by atoms with E-state index in [0.717, 1.165) is 17.3 Å². The summed E-state index contributed by atoms with van der Waals surface area (Å²) >= 11 is 0. The maximum absolute atomic E-state index is 12.9. The molecule has 326 valence electrons. The maximum Gasteiger partial charge on any atom is 0.410 e. The summed E-state index contributed by atoms with van der Waals surface area (Å²) in [6, 6.07) is 7.52. The van der Waals surface area contributed by atoms with Gasteiger partial charge in [0.15, 0.2) is 0 Å². The van der Waals surface area contributed by atoms with Crippen LogP contribution >= 0.6 is 0 Å². The highest BCUT2D eigenvalue weighted by Crippen LogP contribution is 2.39. The average molecular weight is 837 g/mol. The van der Waals surface area contributed by atoms with Gasteiger partial charge in [0.1, 0.15) is 11.2 Å². The van der Waals surface area contributed by atoms with E-state index in [0.29, 0.717) is 90.7 Å². The second-order valence-electron chi connectivity index (χ2n) is 16.9. The molecule has 2 aliphatic rings. The van der Waals surface area contributed by atoms with E-state index in [1.165, 1.54) is 6.20 Å². The van der Waals surface area contributed by atoms with Crippen LogP contribution in [0.25, 0.3) is 11.0 Å². The molecule has 2 fully saturated rings. The molecule has 2 aliphatic heterocycles. The van der Waals surface area contributed by atoms with E-state index in [2.05, 4.69) is 4.98 Å². The van der Waals surface area contributed by atoms with Crippen LogP contribution in [0.5, 0.6) is 0 Å². The number of aryl methyl sites for hydroxylation is 1. The first-order valence-electron chi connectivity index (χ1n) is 20.1. The van der Waals surface area contributed by atoms with E-state index in [1.54, 1.807) is 49.0 Å². The van der Waals surface area contributed by atoms with Crippen molar-refractivity contribution in [2.45, 2.75) is 125 Å². The lowest BCUT2D eigenvalue weighted by Crippen LogP contribution is -2.48. The Hall–Kier alpha value is -4.25. The Balaban J connectivity index is 0.000000318. The number of fused-ring (bicyclic) bond motifs is 1. The molecule has 0 spiro atoms. The predicted molar refractivity (Wildman–Crippen MR) is 217 cm³/mol. The second kappa shape index (κ2) is 20.6. The van der Waals surface area contributed by atoms with Crippen molar-refractivity contribution in [2.75, 3.05) is 52.3 Å². The number of rotatable bonds is 13. The van der Waals surface area contributed by atoms with Crippen molar-refractivity contribution in [3.63, 3.8) is 0 Å². The lowest BCUT2D eigenvalue weighted by atomic mass is 9.74. The standard InChI is InChI=1S/C24H33N3O5.C17H31NO7S/c1-5-31-21(29)24(12-15-26(16-13-24)22(30)32-23(2,3)4)11-8-14-27-19-10-7-6-9-18(19)25-17-20(27)28;1-6-23-14(19)17(8-7-13-24-26(5,21)22)9-11-18(12-10-17)15(20)25-16(2,3)4/h6-7,9-10,17H,5,8,11-16H2,1-4H3;6-13H2,1-5H3. The topological polar surface area (TPSA) is 190 Å². The summed E-state index contributed by atoms with van der Waals surface area (Å²) in [6.07, 6.45) is 5.58. The molecule has 4 rings (SSSR count). The Labute approximate surface area is 343 Å². The van der Waals surface area contributed by atoms with Crippen LogP contribution in [0.4, 0.5) is 9.59 Å². The van der Waals surface area contributed by atoms with E-state index in [4.69, 9.17) is 23.1 Å². The van der Waals surface area contributed by atoms with Gasteiger partial charge in [0.2, 0.25) is 0 Å². The molecule has 2 aromatic rings. The first kappa shape index (κ1) is 48.1. The molecule has 0 atom stereocenters. The van der Waals surface area contributed by atoms with Gasteiger partial charge in [-0.15, -0.1) is 0 Å². The summed E-state index contributed by atoms with van der Waals surface area (Å²) in [4.78, 5) is 69.9. The molecule has 1 aromatic carbocycles. The van der Waals surface area contributed by atoms with Gasteiger partial charge in [0, 0.05) is 32.7 Å². The van der Waals surface area contributed by atoms with Crippen LogP contribution < -0.4 is 5.56 Å². The summed E-state index contributed by atoms with van der Waals surface area (Å²) in [6.45, 7) is 17.2. The number of amides is 2. The summed E-state index contributed by atoms with van der Waals surface area (Å²) in [5.41, 5.74) is -1.14. The largest absolute Gasteiger partial charge is 0.466 e. The molecule has 3 heterocycles. The summed E-state index contributed by atoms with van der Waals surface area (Å²) in [5, 5.41) is 0. The minimum atomic E-state index is -3.50. The van der Waals surface area contributed by atoms with Gasteiger partial charge >= 0.3 is 24.1 Å². The van der Waals surface area contributed by atoms with Crippen LogP contribution in [0.1, 0.15) is 107 Å². The van der Waals surface area contributed by atoms with Crippen LogP contribution in [0.3, 0.4) is 0 Å². The molecule has 16 nitrogen and oxygen atoms in total. The van der Waals surface area contributed by atoms with E-state index in [-0.39, 0.29) is 36.8 Å². The Bertz CT molecular complexity index is 1870. The molecule has 1 aromatic heterocycles. The highest BCUT2D eigenvalue weighted by Gasteiger charge is 2.45. The number of esters is 2. The molecule has 0 N–H and O–H groups in total. The highest BCUT2D eigenvalue weighted by atomic mass is 32.2. The van der Waals surface area contributed by atoms with Crippen molar-refractivity contribution < 1.29 is 50.7 Å². The van der Waals surface area contributed by atoms with E-state index in [1.807, 2.05) is 45.0 Å². The van der Waals surface area contributed by atoms with E-state index >= 15 is 0 Å². The molecule has 0 radical (unpaired) electrons. The van der Waals surface area contributed by atoms with Crippen LogP contribution in [-0.2, 0) is 49.4 Å². The smallest absolute Gasteiger partial charge is 0.410 e. The third kappa shape index (κ3) is 14.5. The number of para-hydroxylation sites is 2. The molecule has 2 saturated heterocycles. The number of hydrogen-bond acceptors (Lipinski definition) is 13. The number of ether oxygens (including phenoxy) is 4. The lowest BCUT2D eigenvalue weighted by Gasteiger charge is -2.40. The Morgan fingerprint density at radius 3 is 1.62 bits per heavy atom. The van der Waals surface area contributed by atoms with Gasteiger partial charge in [-0.3, -0.25) is 18.6 Å². The van der Waals surface area contributed by atoms with Gasteiger partial charge in [-0.25, -0.2) is 14.6 Å². The number of benzene rings is 1. The SMILES string of the molecule is CCOC(=O)C1(CCCOS(C)(=O)=O)CCN(C(=O)OC(C)(C)C)CC1.CCOC(=O)C1(CCCn2c(=O)cnc3ccccc32)CCN(C(=O)OC(C)(C)C)CC1. The Kier molecular flexibility index (Phi) is 17.1. The van der Waals surface area contributed by atoms with Gasteiger partial charge in [0.05, 0.1) is 54.1 Å². The van der Waals surface area contributed by atoms with Crippen LogP contribution in [0, 0.1) is 10.8 Å². The monoisotopic (exact) mass is 836 g/mol. The zero-order chi connectivity index (χ0) is 43.4. The molecular weight excluding hydrogens is 773 g/mol. The Morgan fingerprint density at radius 2 is 1.19 bits per heavy atom. The van der Waals surface area contributed by atoms with E-state index in [9.17, 15) is 32.4 Å². The highest BCUT2D eigenvalue weighted by molar-refractivity contribution is 7.85. The van der Waals surface area contributed by atoms with Crippen molar-refractivity contribution in [1.29, 1.82) is 0 Å². The molecule has 58 heavy (non-hydrogen) atoms. The van der Waals surface area contributed by atoms with Crippen molar-refractivity contribution in [2.24, 2.45) is 10.8 Å². The van der Waals surface area contributed by atoms with Gasteiger partial charge in [-0.2, -0.15) is 8.42 Å². The molecule has 0 bridgehead atoms.